The van der Waals surface area contributed by atoms with E-state index in [-0.39, 0.29) is 0 Å². The summed E-state index contributed by atoms with van der Waals surface area (Å²) in [6.07, 6.45) is 4.59. The van der Waals surface area contributed by atoms with Crippen LogP contribution in [0.4, 0.5) is 11.8 Å². The van der Waals surface area contributed by atoms with Crippen LogP contribution < -0.4 is 10.6 Å². The summed E-state index contributed by atoms with van der Waals surface area (Å²) >= 11 is 0. The third-order valence-corrected chi connectivity index (χ3v) is 5.29. The first-order chi connectivity index (χ1) is 13.9. The monoisotopic (exact) mass is 399 g/mol. The molecule has 156 valence electrons. The summed E-state index contributed by atoms with van der Waals surface area (Å²) in [5.41, 5.74) is 6.23. The molecular weight excluding hydrogens is 370 g/mol. The Labute approximate surface area is 170 Å². The highest BCUT2D eigenvalue weighted by atomic mass is 16.3. The van der Waals surface area contributed by atoms with Crippen molar-refractivity contribution < 1.29 is 9.52 Å². The van der Waals surface area contributed by atoms with Crippen LogP contribution in [-0.4, -0.2) is 67.9 Å². The van der Waals surface area contributed by atoms with Gasteiger partial charge in [0.05, 0.1) is 11.9 Å². The van der Waals surface area contributed by atoms with E-state index < -0.39 is 5.60 Å². The lowest BCUT2D eigenvalue weighted by atomic mass is 10.0. The van der Waals surface area contributed by atoms with Crippen molar-refractivity contribution in [2.24, 2.45) is 0 Å². The first-order valence-electron chi connectivity index (χ1n) is 10.2. The average Bonchev–Trinajstić information content (AvgIpc) is 3.34. The van der Waals surface area contributed by atoms with Gasteiger partial charge >= 0.3 is 0 Å². The van der Waals surface area contributed by atoms with Crippen molar-refractivity contribution in [3.8, 4) is 11.6 Å². The molecule has 4 heterocycles. The molecule has 3 aromatic rings. The number of hydrogen-bond donors (Lipinski definition) is 2. The number of aromatic nitrogens is 4. The minimum Gasteiger partial charge on any atom is -0.461 e. The van der Waals surface area contributed by atoms with E-state index in [0.29, 0.717) is 23.2 Å². The largest absolute Gasteiger partial charge is 0.461 e. The molecule has 9 heteroatoms. The molecule has 29 heavy (non-hydrogen) atoms. The van der Waals surface area contributed by atoms with Crippen molar-refractivity contribution in [1.82, 2.24) is 24.5 Å². The summed E-state index contributed by atoms with van der Waals surface area (Å²) in [5.74, 6) is 2.25. The lowest BCUT2D eigenvalue weighted by Crippen LogP contribution is -2.47. The van der Waals surface area contributed by atoms with Gasteiger partial charge in [0.1, 0.15) is 5.82 Å². The third-order valence-electron chi connectivity index (χ3n) is 5.29. The Morgan fingerprint density at radius 1 is 1.17 bits per heavy atom. The van der Waals surface area contributed by atoms with Crippen molar-refractivity contribution in [3.63, 3.8) is 0 Å². The molecule has 9 nitrogen and oxygen atoms in total. The van der Waals surface area contributed by atoms with E-state index in [4.69, 9.17) is 10.2 Å². The van der Waals surface area contributed by atoms with Crippen molar-refractivity contribution in [3.05, 3.63) is 24.5 Å². The Balaban J connectivity index is 1.37. The van der Waals surface area contributed by atoms with Crippen LogP contribution in [-0.2, 0) is 0 Å². The first-order valence-corrected chi connectivity index (χ1v) is 10.2. The Morgan fingerprint density at radius 3 is 2.66 bits per heavy atom. The molecule has 0 bridgehead atoms. The van der Waals surface area contributed by atoms with Crippen LogP contribution in [0.3, 0.4) is 0 Å². The predicted molar refractivity (Wildman–Crippen MR) is 112 cm³/mol. The molecule has 4 rings (SSSR count). The molecule has 0 amide bonds. The van der Waals surface area contributed by atoms with E-state index in [1.165, 1.54) is 0 Å². The maximum Gasteiger partial charge on any atom is 0.225 e. The fourth-order valence-corrected chi connectivity index (χ4v) is 3.66. The fourth-order valence-electron chi connectivity index (χ4n) is 3.66. The van der Waals surface area contributed by atoms with Gasteiger partial charge in [0.15, 0.2) is 11.4 Å². The molecule has 0 saturated carbocycles. The predicted octanol–water partition coefficient (Wildman–Crippen LogP) is 2.03. The van der Waals surface area contributed by atoms with E-state index in [9.17, 15) is 5.11 Å². The molecule has 0 unspecified atom stereocenters. The zero-order valence-corrected chi connectivity index (χ0v) is 17.1. The Hall–Kier alpha value is -2.65. The van der Waals surface area contributed by atoms with Gasteiger partial charge in [-0.1, -0.05) is 0 Å². The molecule has 3 N–H and O–H groups in total. The average molecular weight is 399 g/mol. The van der Waals surface area contributed by atoms with Gasteiger partial charge in [-0.15, -0.1) is 5.10 Å². The molecule has 1 aliphatic heterocycles. The molecule has 0 aromatic carbocycles. The zero-order chi connectivity index (χ0) is 20.4. The highest BCUT2D eigenvalue weighted by molar-refractivity contribution is 5.59. The number of hydrogen-bond acceptors (Lipinski definition) is 8. The second-order valence-electron chi connectivity index (χ2n) is 8.25. The maximum absolute atomic E-state index is 9.81. The fraction of sp³-hybridized carbons (Fsp3) is 0.550. The van der Waals surface area contributed by atoms with Crippen LogP contribution in [0.25, 0.3) is 17.2 Å². The molecule has 0 spiro atoms. The van der Waals surface area contributed by atoms with Gasteiger partial charge in [-0.2, -0.15) is 9.50 Å². The van der Waals surface area contributed by atoms with Gasteiger partial charge in [0.25, 0.3) is 0 Å². The summed E-state index contributed by atoms with van der Waals surface area (Å²) in [7, 11) is 0. The standard InChI is InChI=1S/C20H29N7O2/c1-20(2,28)7-3-4-8-25-9-11-26(12-10-25)16-14-17-22-18(15-6-5-13-29-15)24-27(17)19(21)23-16/h5-6,13-14,28H,3-4,7-12H2,1-2H3,(H2,21,23). The SMILES string of the molecule is CC(C)(O)CCCCN1CCN(c2cc3nc(-c4ccco4)nn3c(N)n2)CC1. The molecule has 1 fully saturated rings. The van der Waals surface area contributed by atoms with Crippen molar-refractivity contribution in [2.45, 2.75) is 38.7 Å². The van der Waals surface area contributed by atoms with Crippen LogP contribution in [0, 0.1) is 0 Å². The Bertz CT molecular complexity index is 938. The van der Waals surface area contributed by atoms with Gasteiger partial charge in [-0.3, -0.25) is 4.90 Å². The summed E-state index contributed by atoms with van der Waals surface area (Å²) in [6, 6.07) is 5.55. The summed E-state index contributed by atoms with van der Waals surface area (Å²) in [5, 5.41) is 14.2. The molecule has 1 saturated heterocycles. The Kier molecular flexibility index (Phi) is 5.42. The zero-order valence-electron chi connectivity index (χ0n) is 17.1. The van der Waals surface area contributed by atoms with E-state index in [1.54, 1.807) is 16.8 Å². The number of unbranched alkanes of at least 4 members (excludes halogenated alkanes) is 1. The quantitative estimate of drug-likeness (QED) is 0.581. The topological polar surface area (TPSA) is 109 Å². The highest BCUT2D eigenvalue weighted by Crippen LogP contribution is 2.22. The van der Waals surface area contributed by atoms with Crippen molar-refractivity contribution >= 4 is 17.4 Å². The molecule has 0 atom stereocenters. The molecule has 0 radical (unpaired) electrons. The Morgan fingerprint density at radius 2 is 1.97 bits per heavy atom. The maximum atomic E-state index is 9.81. The molecular formula is C20H29N7O2. The summed E-state index contributed by atoms with van der Waals surface area (Å²) in [6.45, 7) is 8.57. The van der Waals surface area contributed by atoms with E-state index in [2.05, 4.69) is 24.9 Å². The number of fused-ring (bicyclic) bond motifs is 1. The normalized spacial score (nSPS) is 16.0. The van der Waals surface area contributed by atoms with Gasteiger partial charge in [-0.05, 0) is 51.8 Å². The number of anilines is 2. The molecule has 1 aliphatic rings. The lowest BCUT2D eigenvalue weighted by molar-refractivity contribution is 0.0671. The summed E-state index contributed by atoms with van der Waals surface area (Å²) < 4.78 is 6.92. The van der Waals surface area contributed by atoms with E-state index >= 15 is 0 Å². The minimum atomic E-state index is -0.568. The number of aliphatic hydroxyl groups is 1. The number of piperazine rings is 1. The van der Waals surface area contributed by atoms with Gasteiger partial charge in [-0.25, -0.2) is 4.98 Å². The van der Waals surface area contributed by atoms with Crippen molar-refractivity contribution in [1.29, 1.82) is 0 Å². The van der Waals surface area contributed by atoms with Crippen molar-refractivity contribution in [2.75, 3.05) is 43.4 Å². The van der Waals surface area contributed by atoms with Crippen LogP contribution in [0.5, 0.6) is 0 Å². The van der Waals surface area contributed by atoms with E-state index in [0.717, 1.165) is 57.8 Å². The third kappa shape index (κ3) is 4.68. The second-order valence-corrected chi connectivity index (χ2v) is 8.25. The summed E-state index contributed by atoms with van der Waals surface area (Å²) in [4.78, 5) is 13.8. The van der Waals surface area contributed by atoms with E-state index in [1.807, 2.05) is 26.0 Å². The number of nitrogens with zero attached hydrogens (tertiary/aromatic N) is 6. The smallest absolute Gasteiger partial charge is 0.225 e. The van der Waals surface area contributed by atoms with Crippen LogP contribution in [0.1, 0.15) is 33.1 Å². The highest BCUT2D eigenvalue weighted by Gasteiger charge is 2.20. The molecule has 0 aliphatic carbocycles. The lowest BCUT2D eigenvalue weighted by Gasteiger charge is -2.35. The van der Waals surface area contributed by atoms with Crippen LogP contribution in [0.15, 0.2) is 28.9 Å². The number of nitrogens with two attached hydrogens (primary N) is 1. The van der Waals surface area contributed by atoms with Gasteiger partial charge < -0.3 is 20.2 Å². The first kappa shape index (κ1) is 19.7. The molecule has 3 aromatic heterocycles. The number of rotatable bonds is 7. The van der Waals surface area contributed by atoms with Gasteiger partial charge in [0, 0.05) is 32.2 Å². The van der Waals surface area contributed by atoms with Crippen LogP contribution >= 0.6 is 0 Å². The van der Waals surface area contributed by atoms with Crippen LogP contribution in [0.2, 0.25) is 0 Å². The van der Waals surface area contributed by atoms with Gasteiger partial charge in [0.2, 0.25) is 11.8 Å². The second kappa shape index (κ2) is 8.00. The number of furan rings is 1. The number of nitrogen functional groups attached to an aromatic ring is 1. The minimum absolute atomic E-state index is 0.317.